The number of piperidine rings is 1. The second-order valence-electron chi connectivity index (χ2n) is 6.71. The van der Waals surface area contributed by atoms with Gasteiger partial charge in [0.05, 0.1) is 12.0 Å². The molecule has 2 aromatic carbocycles. The van der Waals surface area contributed by atoms with Crippen molar-refractivity contribution in [1.29, 1.82) is 0 Å². The zero-order valence-electron chi connectivity index (χ0n) is 15.5. The first-order valence-electron chi connectivity index (χ1n) is 8.92. The first-order chi connectivity index (χ1) is 12.9. The highest BCUT2D eigenvalue weighted by Crippen LogP contribution is 2.25. The van der Waals surface area contributed by atoms with E-state index in [9.17, 15) is 13.2 Å². The Labute approximate surface area is 160 Å². The Balaban J connectivity index is 1.60. The number of hydrogen-bond acceptors (Lipinski definition) is 4. The number of benzene rings is 2. The van der Waals surface area contributed by atoms with Crippen molar-refractivity contribution in [3.05, 3.63) is 54.1 Å². The van der Waals surface area contributed by atoms with Gasteiger partial charge in [-0.05, 0) is 61.7 Å². The summed E-state index contributed by atoms with van der Waals surface area (Å²) in [5.41, 5.74) is 1.61. The van der Waals surface area contributed by atoms with Crippen molar-refractivity contribution in [2.45, 2.75) is 24.7 Å². The van der Waals surface area contributed by atoms with Gasteiger partial charge in [-0.2, -0.15) is 4.31 Å². The molecule has 0 atom stereocenters. The molecule has 1 amide bonds. The average Bonchev–Trinajstić information content (AvgIpc) is 2.68. The van der Waals surface area contributed by atoms with Crippen LogP contribution in [0.25, 0.3) is 0 Å². The van der Waals surface area contributed by atoms with Crippen LogP contribution in [-0.4, -0.2) is 38.8 Å². The van der Waals surface area contributed by atoms with Crippen LogP contribution in [0.15, 0.2) is 53.4 Å². The Bertz CT molecular complexity index is 902. The number of aryl methyl sites for hydroxylation is 1. The quantitative estimate of drug-likeness (QED) is 0.854. The van der Waals surface area contributed by atoms with E-state index in [2.05, 4.69) is 5.32 Å². The number of nitrogens with zero attached hydrogens (tertiary/aromatic N) is 1. The SMILES string of the molecule is COc1ccc(NC(=O)C2CCN(S(=O)(=O)c3cccc(C)c3)CC2)cc1. The van der Waals surface area contributed by atoms with E-state index in [4.69, 9.17) is 4.74 Å². The summed E-state index contributed by atoms with van der Waals surface area (Å²) in [6.45, 7) is 2.56. The van der Waals surface area contributed by atoms with E-state index in [1.165, 1.54) is 4.31 Å². The number of rotatable bonds is 5. The summed E-state index contributed by atoms with van der Waals surface area (Å²) < 4.78 is 32.1. The van der Waals surface area contributed by atoms with Crippen molar-refractivity contribution < 1.29 is 17.9 Å². The number of carbonyl (C=O) groups is 1. The smallest absolute Gasteiger partial charge is 0.243 e. The molecule has 3 rings (SSSR count). The molecular weight excluding hydrogens is 364 g/mol. The molecule has 0 aliphatic carbocycles. The highest BCUT2D eigenvalue weighted by Gasteiger charge is 2.32. The van der Waals surface area contributed by atoms with E-state index in [1.54, 1.807) is 49.6 Å². The third-order valence-corrected chi connectivity index (χ3v) is 6.70. The van der Waals surface area contributed by atoms with Crippen LogP contribution in [0.1, 0.15) is 18.4 Å². The summed E-state index contributed by atoms with van der Waals surface area (Å²) in [6, 6.07) is 14.1. The first-order valence-corrected chi connectivity index (χ1v) is 10.4. The second-order valence-corrected chi connectivity index (χ2v) is 8.65. The van der Waals surface area contributed by atoms with Gasteiger partial charge in [0, 0.05) is 24.7 Å². The molecule has 0 spiro atoms. The molecule has 2 aromatic rings. The van der Waals surface area contributed by atoms with Gasteiger partial charge in [0.25, 0.3) is 0 Å². The maximum Gasteiger partial charge on any atom is 0.243 e. The largest absolute Gasteiger partial charge is 0.497 e. The maximum absolute atomic E-state index is 12.8. The van der Waals surface area contributed by atoms with E-state index in [0.29, 0.717) is 36.5 Å². The summed E-state index contributed by atoms with van der Waals surface area (Å²) >= 11 is 0. The van der Waals surface area contributed by atoms with Gasteiger partial charge < -0.3 is 10.1 Å². The molecule has 0 unspecified atom stereocenters. The van der Waals surface area contributed by atoms with Crippen LogP contribution >= 0.6 is 0 Å². The minimum absolute atomic E-state index is 0.0761. The standard InChI is InChI=1S/C20H24N2O4S/c1-15-4-3-5-19(14-15)27(24,25)22-12-10-16(11-13-22)20(23)21-17-6-8-18(26-2)9-7-17/h3-9,14,16H,10-13H2,1-2H3,(H,21,23). The molecular formula is C20H24N2O4S. The average molecular weight is 388 g/mol. The third kappa shape index (κ3) is 4.48. The van der Waals surface area contributed by atoms with Gasteiger partial charge in [0.1, 0.15) is 5.75 Å². The lowest BCUT2D eigenvalue weighted by atomic mass is 9.97. The number of amides is 1. The van der Waals surface area contributed by atoms with Gasteiger partial charge >= 0.3 is 0 Å². The Morgan fingerprint density at radius 1 is 1.11 bits per heavy atom. The Kier molecular flexibility index (Phi) is 5.82. The van der Waals surface area contributed by atoms with Crippen molar-refractivity contribution in [2.24, 2.45) is 5.92 Å². The van der Waals surface area contributed by atoms with Crippen molar-refractivity contribution in [3.63, 3.8) is 0 Å². The molecule has 1 aliphatic rings. The zero-order valence-corrected chi connectivity index (χ0v) is 16.3. The highest BCUT2D eigenvalue weighted by molar-refractivity contribution is 7.89. The zero-order chi connectivity index (χ0) is 19.4. The van der Waals surface area contributed by atoms with E-state index >= 15 is 0 Å². The van der Waals surface area contributed by atoms with E-state index in [1.807, 2.05) is 13.0 Å². The van der Waals surface area contributed by atoms with Gasteiger partial charge in [-0.1, -0.05) is 12.1 Å². The summed E-state index contributed by atoms with van der Waals surface area (Å²) in [5.74, 6) is 0.450. The van der Waals surface area contributed by atoms with Crippen LogP contribution in [0.5, 0.6) is 5.75 Å². The molecule has 7 heteroatoms. The van der Waals surface area contributed by atoms with E-state index in [-0.39, 0.29) is 11.8 Å². The topological polar surface area (TPSA) is 75.7 Å². The summed E-state index contributed by atoms with van der Waals surface area (Å²) in [4.78, 5) is 12.8. The molecule has 0 bridgehead atoms. The lowest BCUT2D eigenvalue weighted by Crippen LogP contribution is -2.41. The van der Waals surface area contributed by atoms with Gasteiger partial charge in [0.15, 0.2) is 0 Å². The Morgan fingerprint density at radius 2 is 1.78 bits per heavy atom. The van der Waals surface area contributed by atoms with Crippen LogP contribution in [0.4, 0.5) is 5.69 Å². The van der Waals surface area contributed by atoms with Crippen molar-refractivity contribution >= 4 is 21.6 Å². The fourth-order valence-corrected chi connectivity index (χ4v) is 4.78. The highest BCUT2D eigenvalue weighted by atomic mass is 32.2. The lowest BCUT2D eigenvalue weighted by molar-refractivity contribution is -0.120. The van der Waals surface area contributed by atoms with Gasteiger partial charge in [-0.15, -0.1) is 0 Å². The maximum atomic E-state index is 12.8. The van der Waals surface area contributed by atoms with Crippen molar-refractivity contribution in [1.82, 2.24) is 4.31 Å². The number of ether oxygens (including phenoxy) is 1. The fraction of sp³-hybridized carbons (Fsp3) is 0.350. The number of anilines is 1. The van der Waals surface area contributed by atoms with Gasteiger partial charge in [0.2, 0.25) is 15.9 Å². The molecule has 6 nitrogen and oxygen atoms in total. The van der Waals surface area contributed by atoms with Crippen LogP contribution in [0.2, 0.25) is 0 Å². The van der Waals surface area contributed by atoms with E-state index in [0.717, 1.165) is 11.3 Å². The monoisotopic (exact) mass is 388 g/mol. The first kappa shape index (κ1) is 19.4. The predicted octanol–water partition coefficient (Wildman–Crippen LogP) is 3.04. The number of carbonyl (C=O) groups excluding carboxylic acids is 1. The van der Waals surface area contributed by atoms with Gasteiger partial charge in [-0.3, -0.25) is 4.79 Å². The third-order valence-electron chi connectivity index (χ3n) is 4.81. The van der Waals surface area contributed by atoms with Crippen LogP contribution in [0.3, 0.4) is 0 Å². The predicted molar refractivity (Wildman–Crippen MR) is 104 cm³/mol. The molecule has 1 heterocycles. The number of nitrogens with one attached hydrogen (secondary N) is 1. The van der Waals surface area contributed by atoms with Crippen LogP contribution in [0, 0.1) is 12.8 Å². The minimum Gasteiger partial charge on any atom is -0.497 e. The molecule has 1 aliphatic heterocycles. The normalized spacial score (nSPS) is 16.1. The molecule has 0 aromatic heterocycles. The number of hydrogen-bond donors (Lipinski definition) is 1. The molecule has 1 N–H and O–H groups in total. The lowest BCUT2D eigenvalue weighted by Gasteiger charge is -2.30. The fourth-order valence-electron chi connectivity index (χ4n) is 3.20. The molecule has 27 heavy (non-hydrogen) atoms. The molecule has 1 saturated heterocycles. The minimum atomic E-state index is -3.51. The molecule has 144 valence electrons. The van der Waals surface area contributed by atoms with Crippen molar-refractivity contribution in [2.75, 3.05) is 25.5 Å². The summed E-state index contributed by atoms with van der Waals surface area (Å²) in [5, 5.41) is 2.89. The van der Waals surface area contributed by atoms with Crippen LogP contribution in [-0.2, 0) is 14.8 Å². The molecule has 0 saturated carbocycles. The number of sulfonamides is 1. The summed E-state index contributed by atoms with van der Waals surface area (Å²) in [6.07, 6.45) is 1.01. The molecule has 0 radical (unpaired) electrons. The van der Waals surface area contributed by atoms with Crippen LogP contribution < -0.4 is 10.1 Å². The van der Waals surface area contributed by atoms with E-state index < -0.39 is 10.0 Å². The second kappa shape index (κ2) is 8.10. The van der Waals surface area contributed by atoms with Gasteiger partial charge in [-0.25, -0.2) is 8.42 Å². The molecule has 1 fully saturated rings. The number of methoxy groups -OCH3 is 1. The summed E-state index contributed by atoms with van der Waals surface area (Å²) in [7, 11) is -1.92. The Hall–Kier alpha value is -2.38. The Morgan fingerprint density at radius 3 is 2.37 bits per heavy atom. The van der Waals surface area contributed by atoms with Crippen molar-refractivity contribution in [3.8, 4) is 5.75 Å².